The summed E-state index contributed by atoms with van der Waals surface area (Å²) in [7, 11) is -4.18. The highest BCUT2D eigenvalue weighted by atomic mass is 35.5. The lowest BCUT2D eigenvalue weighted by atomic mass is 10.1. The predicted octanol–water partition coefficient (Wildman–Crippen LogP) is 2.71. The molecule has 9 nitrogen and oxygen atoms in total. The van der Waals surface area contributed by atoms with Crippen LogP contribution in [0.3, 0.4) is 0 Å². The first kappa shape index (κ1) is 25.6. The van der Waals surface area contributed by atoms with Crippen molar-refractivity contribution >= 4 is 33.7 Å². The minimum absolute atomic E-state index is 0.0120. The number of halogens is 1. The summed E-state index contributed by atoms with van der Waals surface area (Å²) in [5.74, 6) is -1.47. The molecule has 0 saturated carbocycles. The molecule has 3 aromatic rings. The second kappa shape index (κ2) is 11.1. The Balaban J connectivity index is 1.45. The minimum atomic E-state index is -4.18. The third-order valence-electron chi connectivity index (χ3n) is 5.63. The van der Waals surface area contributed by atoms with Crippen molar-refractivity contribution in [2.75, 3.05) is 0 Å². The van der Waals surface area contributed by atoms with E-state index < -0.39 is 34.3 Å². The van der Waals surface area contributed by atoms with Gasteiger partial charge in [-0.3, -0.25) is 14.9 Å². The highest BCUT2D eigenvalue weighted by Gasteiger charge is 2.45. The summed E-state index contributed by atoms with van der Waals surface area (Å²) in [6, 6.07) is 22.0. The number of carboxylic acid groups (broad SMARTS) is 1. The Hall–Kier alpha value is -3.44. The van der Waals surface area contributed by atoms with Gasteiger partial charge in [-0.25, -0.2) is 4.72 Å². The van der Waals surface area contributed by atoms with Crippen LogP contribution in [-0.2, 0) is 39.4 Å². The summed E-state index contributed by atoms with van der Waals surface area (Å²) in [4.78, 5) is 24.5. The van der Waals surface area contributed by atoms with Gasteiger partial charge in [-0.15, -0.1) is 0 Å². The molecule has 1 fully saturated rings. The summed E-state index contributed by atoms with van der Waals surface area (Å²) in [6.07, 6.45) is -1.40. The van der Waals surface area contributed by atoms with Gasteiger partial charge in [-0.1, -0.05) is 72.3 Å². The molecule has 3 N–H and O–H groups in total. The highest BCUT2D eigenvalue weighted by molar-refractivity contribution is 7.88. The number of hydrogen-bond acceptors (Lipinski definition) is 6. The number of benzene rings is 3. The van der Waals surface area contributed by atoms with Gasteiger partial charge in [-0.05, 0) is 41.3 Å². The van der Waals surface area contributed by atoms with Gasteiger partial charge in [0.25, 0.3) is 5.91 Å². The van der Waals surface area contributed by atoms with E-state index >= 15 is 0 Å². The molecule has 188 valence electrons. The van der Waals surface area contributed by atoms with E-state index in [1.807, 2.05) is 35.1 Å². The molecule has 1 amide bonds. The number of aliphatic carboxylic acids is 1. The van der Waals surface area contributed by atoms with Crippen LogP contribution in [0.1, 0.15) is 16.7 Å². The topological polar surface area (TPSA) is 125 Å². The zero-order valence-electron chi connectivity index (χ0n) is 19.0. The molecule has 11 heteroatoms. The fourth-order valence-corrected chi connectivity index (χ4v) is 5.17. The number of ether oxygens (including phenoxy) is 1. The quantitative estimate of drug-likeness (QED) is 0.369. The maximum Gasteiger partial charge on any atom is 0.321 e. The highest BCUT2D eigenvalue weighted by Crippen LogP contribution is 2.23. The molecule has 0 bridgehead atoms. The summed E-state index contributed by atoms with van der Waals surface area (Å²) in [5, 5.41) is 12.8. The van der Waals surface area contributed by atoms with Gasteiger partial charge in [0, 0.05) is 11.6 Å². The lowest BCUT2D eigenvalue weighted by molar-refractivity contribution is -0.140. The summed E-state index contributed by atoms with van der Waals surface area (Å²) < 4.78 is 33.7. The SMILES string of the molecule is O=C(O)[C@H](Cc1ccc(OCc2ccccc2)cc1)N[C@H]1C(=O)NS(=O)(=O)N1Cc1ccccc1Cl. The Morgan fingerprint density at radius 2 is 1.69 bits per heavy atom. The first-order valence-electron chi connectivity index (χ1n) is 11.0. The van der Waals surface area contributed by atoms with Gasteiger partial charge in [0.1, 0.15) is 18.4 Å². The lowest BCUT2D eigenvalue weighted by Gasteiger charge is -2.24. The zero-order chi connectivity index (χ0) is 25.7. The number of rotatable bonds is 10. The summed E-state index contributed by atoms with van der Waals surface area (Å²) in [5.41, 5.74) is 2.16. The van der Waals surface area contributed by atoms with Crippen LogP contribution in [-0.4, -0.2) is 41.9 Å². The molecule has 3 aromatic carbocycles. The molecule has 1 aliphatic heterocycles. The fourth-order valence-electron chi connectivity index (χ4n) is 3.75. The predicted molar refractivity (Wildman–Crippen MR) is 133 cm³/mol. The number of carbonyl (C=O) groups excluding carboxylic acids is 1. The molecular formula is C25H24ClN3O6S. The maximum absolute atomic E-state index is 12.6. The Kier molecular flexibility index (Phi) is 7.90. The smallest absolute Gasteiger partial charge is 0.321 e. The van der Waals surface area contributed by atoms with Crippen LogP contribution in [0.25, 0.3) is 0 Å². The van der Waals surface area contributed by atoms with E-state index in [1.54, 1.807) is 48.5 Å². The average molecular weight is 530 g/mol. The molecule has 1 heterocycles. The molecule has 0 radical (unpaired) electrons. The van der Waals surface area contributed by atoms with Crippen LogP contribution in [0.15, 0.2) is 78.9 Å². The third-order valence-corrected chi connectivity index (χ3v) is 7.41. The van der Waals surface area contributed by atoms with Gasteiger partial charge in [0.2, 0.25) is 0 Å². The van der Waals surface area contributed by atoms with Crippen molar-refractivity contribution in [3.8, 4) is 5.75 Å². The van der Waals surface area contributed by atoms with E-state index in [9.17, 15) is 23.1 Å². The summed E-state index contributed by atoms with van der Waals surface area (Å²) in [6.45, 7) is 0.185. The van der Waals surface area contributed by atoms with E-state index in [0.717, 1.165) is 9.87 Å². The molecule has 0 unspecified atom stereocenters. The van der Waals surface area contributed by atoms with Crippen molar-refractivity contribution in [2.45, 2.75) is 31.8 Å². The standard InChI is InChI=1S/C25H24ClN3O6S/c26-21-9-5-4-8-19(21)15-29-23(24(30)28-36(29,33)34)27-22(25(31)32)14-17-10-12-20(13-11-17)35-16-18-6-2-1-3-7-18/h1-13,22-23,27H,14-16H2,(H,28,30)(H,31,32)/t22-,23+/m0/s1. The molecule has 0 aliphatic carbocycles. The van der Waals surface area contributed by atoms with Gasteiger partial charge in [-0.2, -0.15) is 12.7 Å². The van der Waals surface area contributed by atoms with Crippen LogP contribution in [0.2, 0.25) is 5.02 Å². The first-order valence-corrected chi connectivity index (χ1v) is 12.9. The van der Waals surface area contributed by atoms with E-state index in [2.05, 4.69) is 5.32 Å². The van der Waals surface area contributed by atoms with Crippen LogP contribution < -0.4 is 14.8 Å². The average Bonchev–Trinajstić information content (AvgIpc) is 3.07. The van der Waals surface area contributed by atoms with Gasteiger partial charge >= 0.3 is 16.2 Å². The molecular weight excluding hydrogens is 506 g/mol. The van der Waals surface area contributed by atoms with Gasteiger partial charge in [0.05, 0.1) is 0 Å². The Labute approximate surface area is 213 Å². The van der Waals surface area contributed by atoms with Crippen molar-refractivity contribution < 1.29 is 27.9 Å². The van der Waals surface area contributed by atoms with E-state index in [-0.39, 0.29) is 13.0 Å². The molecule has 4 rings (SSSR count). The maximum atomic E-state index is 12.6. The summed E-state index contributed by atoms with van der Waals surface area (Å²) >= 11 is 6.16. The van der Waals surface area contributed by atoms with Crippen molar-refractivity contribution in [3.05, 3.63) is 101 Å². The number of nitrogens with zero attached hydrogens (tertiary/aromatic N) is 1. The number of amides is 1. The van der Waals surface area contributed by atoms with Crippen LogP contribution in [0.4, 0.5) is 0 Å². The monoisotopic (exact) mass is 529 g/mol. The normalized spacial score (nSPS) is 17.9. The largest absolute Gasteiger partial charge is 0.489 e. The lowest BCUT2D eigenvalue weighted by Crippen LogP contribution is -2.53. The number of hydrogen-bond donors (Lipinski definition) is 3. The molecule has 1 saturated heterocycles. The van der Waals surface area contributed by atoms with Crippen molar-refractivity contribution in [1.29, 1.82) is 0 Å². The Morgan fingerprint density at radius 3 is 2.36 bits per heavy atom. The van der Waals surface area contributed by atoms with Gasteiger partial charge in [0.15, 0.2) is 6.17 Å². The zero-order valence-corrected chi connectivity index (χ0v) is 20.6. The fraction of sp³-hybridized carbons (Fsp3) is 0.200. The number of nitrogens with one attached hydrogen (secondary N) is 2. The van der Waals surface area contributed by atoms with E-state index in [1.165, 1.54) is 0 Å². The minimum Gasteiger partial charge on any atom is -0.489 e. The number of carbonyl (C=O) groups is 2. The van der Waals surface area contributed by atoms with Crippen molar-refractivity contribution in [2.24, 2.45) is 0 Å². The van der Waals surface area contributed by atoms with Crippen LogP contribution in [0, 0.1) is 0 Å². The second-order valence-corrected chi connectivity index (χ2v) is 10.2. The van der Waals surface area contributed by atoms with Gasteiger partial charge < -0.3 is 9.84 Å². The Morgan fingerprint density at radius 1 is 1.03 bits per heavy atom. The van der Waals surface area contributed by atoms with Crippen LogP contribution >= 0.6 is 11.6 Å². The van der Waals surface area contributed by atoms with E-state index in [0.29, 0.717) is 28.5 Å². The molecule has 0 aromatic heterocycles. The molecule has 1 aliphatic rings. The molecule has 2 atom stereocenters. The van der Waals surface area contributed by atoms with Crippen molar-refractivity contribution in [1.82, 2.24) is 14.3 Å². The molecule has 36 heavy (non-hydrogen) atoms. The third kappa shape index (κ3) is 6.21. The van der Waals surface area contributed by atoms with Crippen molar-refractivity contribution in [3.63, 3.8) is 0 Å². The second-order valence-electron chi connectivity index (χ2n) is 8.19. The molecule has 0 spiro atoms. The van der Waals surface area contributed by atoms with E-state index in [4.69, 9.17) is 16.3 Å². The Bertz CT molecular complexity index is 1340. The number of carboxylic acids is 1. The first-order chi connectivity index (χ1) is 17.2. The van der Waals surface area contributed by atoms with Crippen LogP contribution in [0.5, 0.6) is 5.75 Å².